The highest BCUT2D eigenvalue weighted by molar-refractivity contribution is 5.67. The van der Waals surface area contributed by atoms with Crippen molar-refractivity contribution in [3.63, 3.8) is 0 Å². The topological polar surface area (TPSA) is 69.3 Å². The second-order valence-electron chi connectivity index (χ2n) is 5.84. The number of carbonyl (C=O) groups excluding carboxylic acids is 1. The Morgan fingerprint density at radius 2 is 1.45 bits per heavy atom. The summed E-state index contributed by atoms with van der Waals surface area (Å²) in [6.45, 7) is 10.2. The van der Waals surface area contributed by atoms with E-state index in [1.54, 1.807) is 7.05 Å². The van der Waals surface area contributed by atoms with Crippen LogP contribution in [0.3, 0.4) is 0 Å². The van der Waals surface area contributed by atoms with Crippen LogP contribution in [0.4, 0.5) is 4.79 Å². The fraction of sp³-hybridized carbons (Fsp3) is 0.933. The summed E-state index contributed by atoms with van der Waals surface area (Å²) in [6.07, 6.45) is -0.342. The van der Waals surface area contributed by atoms with Crippen LogP contribution >= 0.6 is 0 Å². The third-order valence-electron chi connectivity index (χ3n) is 2.52. The molecule has 7 nitrogen and oxygen atoms in total. The molecule has 0 aliphatic rings. The highest BCUT2D eigenvalue weighted by Gasteiger charge is 2.19. The average Bonchev–Trinajstić information content (AvgIpc) is 2.42. The summed E-state index contributed by atoms with van der Waals surface area (Å²) in [5.41, 5.74) is -0.477. The van der Waals surface area contributed by atoms with E-state index >= 15 is 0 Å². The molecule has 0 rings (SSSR count). The Morgan fingerprint density at radius 1 is 0.955 bits per heavy atom. The van der Waals surface area contributed by atoms with Crippen molar-refractivity contribution < 1.29 is 23.7 Å². The van der Waals surface area contributed by atoms with Gasteiger partial charge >= 0.3 is 6.09 Å². The molecular formula is C15H32N2O5. The monoisotopic (exact) mass is 320 g/mol. The van der Waals surface area contributed by atoms with Gasteiger partial charge in [-0.05, 0) is 27.8 Å². The van der Waals surface area contributed by atoms with Gasteiger partial charge in [-0.25, -0.2) is 4.79 Å². The molecule has 0 aromatic carbocycles. The Bertz CT molecular complexity index is 282. The Hall–Kier alpha value is -0.890. The fourth-order valence-corrected chi connectivity index (χ4v) is 1.35. The largest absolute Gasteiger partial charge is 0.444 e. The summed E-state index contributed by atoms with van der Waals surface area (Å²) in [5, 5.41) is 3.00. The van der Waals surface area contributed by atoms with E-state index in [-0.39, 0.29) is 6.09 Å². The molecular weight excluding hydrogens is 288 g/mol. The Labute approximate surface area is 134 Å². The number of likely N-dealkylation sites (N-methyl/N-ethyl adjacent to an activating group) is 2. The molecule has 0 bridgehead atoms. The third kappa shape index (κ3) is 14.1. The van der Waals surface area contributed by atoms with Gasteiger partial charge in [0, 0.05) is 20.1 Å². The number of nitrogens with one attached hydrogen (secondary N) is 1. The zero-order valence-electron chi connectivity index (χ0n) is 14.6. The SMILES string of the molecule is CNCCOCCOCCOCCN(C)C(=O)OC(C)(C)C. The van der Waals surface area contributed by atoms with Crippen LogP contribution in [0.15, 0.2) is 0 Å². The van der Waals surface area contributed by atoms with Crippen molar-refractivity contribution in [1.82, 2.24) is 10.2 Å². The third-order valence-corrected chi connectivity index (χ3v) is 2.52. The molecule has 0 unspecified atom stereocenters. The molecule has 0 aromatic heterocycles. The van der Waals surface area contributed by atoms with Crippen LogP contribution in [0.2, 0.25) is 0 Å². The summed E-state index contributed by atoms with van der Waals surface area (Å²) < 4.78 is 21.3. The van der Waals surface area contributed by atoms with Crippen molar-refractivity contribution >= 4 is 6.09 Å². The smallest absolute Gasteiger partial charge is 0.410 e. The van der Waals surface area contributed by atoms with Gasteiger partial charge in [0.2, 0.25) is 0 Å². The molecule has 0 radical (unpaired) electrons. The number of hydrogen-bond donors (Lipinski definition) is 1. The van der Waals surface area contributed by atoms with E-state index in [4.69, 9.17) is 18.9 Å². The zero-order chi connectivity index (χ0) is 16.8. The second kappa shape index (κ2) is 12.6. The first-order valence-corrected chi connectivity index (χ1v) is 7.69. The molecule has 0 atom stereocenters. The summed E-state index contributed by atoms with van der Waals surface area (Å²) in [5.74, 6) is 0. The normalized spacial score (nSPS) is 11.5. The number of amides is 1. The van der Waals surface area contributed by atoms with Gasteiger partial charge in [-0.2, -0.15) is 0 Å². The minimum atomic E-state index is -0.477. The van der Waals surface area contributed by atoms with Crippen LogP contribution in [0.25, 0.3) is 0 Å². The molecule has 0 aliphatic heterocycles. The number of nitrogens with zero attached hydrogens (tertiary/aromatic N) is 1. The van der Waals surface area contributed by atoms with Gasteiger partial charge in [0.25, 0.3) is 0 Å². The van der Waals surface area contributed by atoms with Gasteiger partial charge < -0.3 is 29.2 Å². The second-order valence-corrected chi connectivity index (χ2v) is 5.84. The lowest BCUT2D eigenvalue weighted by atomic mass is 10.2. The number of carbonyl (C=O) groups is 1. The van der Waals surface area contributed by atoms with Gasteiger partial charge in [0.1, 0.15) is 5.60 Å². The molecule has 0 aliphatic carbocycles. The van der Waals surface area contributed by atoms with Crippen molar-refractivity contribution in [2.75, 3.05) is 66.8 Å². The molecule has 22 heavy (non-hydrogen) atoms. The highest BCUT2D eigenvalue weighted by Crippen LogP contribution is 2.08. The molecule has 0 heterocycles. The number of ether oxygens (including phenoxy) is 4. The maximum atomic E-state index is 11.7. The first-order valence-electron chi connectivity index (χ1n) is 7.69. The Balaban J connectivity index is 3.37. The summed E-state index contributed by atoms with van der Waals surface area (Å²) in [7, 11) is 3.58. The fourth-order valence-electron chi connectivity index (χ4n) is 1.35. The van der Waals surface area contributed by atoms with Crippen LogP contribution in [-0.2, 0) is 18.9 Å². The lowest BCUT2D eigenvalue weighted by molar-refractivity contribution is 0.00522. The summed E-state index contributed by atoms with van der Waals surface area (Å²) in [4.78, 5) is 13.2. The lowest BCUT2D eigenvalue weighted by Gasteiger charge is -2.24. The highest BCUT2D eigenvalue weighted by atomic mass is 16.6. The lowest BCUT2D eigenvalue weighted by Crippen LogP contribution is -2.36. The van der Waals surface area contributed by atoms with Gasteiger partial charge in [0.05, 0.1) is 39.6 Å². The van der Waals surface area contributed by atoms with E-state index < -0.39 is 5.60 Å². The molecule has 0 spiro atoms. The number of hydrogen-bond acceptors (Lipinski definition) is 6. The van der Waals surface area contributed by atoms with Crippen molar-refractivity contribution in [1.29, 1.82) is 0 Å². The van der Waals surface area contributed by atoms with Crippen LogP contribution in [0.1, 0.15) is 20.8 Å². The van der Waals surface area contributed by atoms with E-state index in [0.717, 1.165) is 6.54 Å². The van der Waals surface area contributed by atoms with E-state index in [1.807, 2.05) is 27.8 Å². The number of rotatable bonds is 12. The van der Waals surface area contributed by atoms with E-state index in [0.29, 0.717) is 46.2 Å². The van der Waals surface area contributed by atoms with Crippen molar-refractivity contribution in [3.8, 4) is 0 Å². The quantitative estimate of drug-likeness (QED) is 0.544. The van der Waals surface area contributed by atoms with Gasteiger partial charge in [-0.3, -0.25) is 0 Å². The van der Waals surface area contributed by atoms with Crippen molar-refractivity contribution in [3.05, 3.63) is 0 Å². The molecule has 7 heteroatoms. The van der Waals surface area contributed by atoms with Crippen LogP contribution in [-0.4, -0.2) is 83.4 Å². The van der Waals surface area contributed by atoms with Gasteiger partial charge in [-0.15, -0.1) is 0 Å². The minimum absolute atomic E-state index is 0.342. The van der Waals surface area contributed by atoms with E-state index in [9.17, 15) is 4.79 Å². The van der Waals surface area contributed by atoms with Gasteiger partial charge in [-0.1, -0.05) is 0 Å². The van der Waals surface area contributed by atoms with Crippen molar-refractivity contribution in [2.45, 2.75) is 26.4 Å². The van der Waals surface area contributed by atoms with Crippen LogP contribution in [0, 0.1) is 0 Å². The maximum Gasteiger partial charge on any atom is 0.410 e. The molecule has 0 saturated heterocycles. The predicted octanol–water partition coefficient (Wildman–Crippen LogP) is 1.12. The molecule has 1 amide bonds. The molecule has 0 saturated carbocycles. The van der Waals surface area contributed by atoms with E-state index in [1.165, 1.54) is 4.90 Å². The first-order chi connectivity index (χ1) is 10.4. The van der Waals surface area contributed by atoms with Crippen LogP contribution < -0.4 is 5.32 Å². The predicted molar refractivity (Wildman–Crippen MR) is 85.2 cm³/mol. The molecule has 0 aromatic rings. The summed E-state index contributed by atoms with van der Waals surface area (Å²) >= 11 is 0. The Morgan fingerprint density at radius 3 is 1.95 bits per heavy atom. The average molecular weight is 320 g/mol. The standard InChI is InChI=1S/C15H32N2O5/c1-15(2,3)22-14(18)17(5)7-9-20-11-13-21-12-10-19-8-6-16-4/h16H,6-13H2,1-5H3. The maximum absolute atomic E-state index is 11.7. The zero-order valence-corrected chi connectivity index (χ0v) is 14.6. The minimum Gasteiger partial charge on any atom is -0.444 e. The summed E-state index contributed by atoms with van der Waals surface area (Å²) in [6, 6.07) is 0. The van der Waals surface area contributed by atoms with Gasteiger partial charge in [0.15, 0.2) is 0 Å². The molecule has 132 valence electrons. The van der Waals surface area contributed by atoms with Crippen LogP contribution in [0.5, 0.6) is 0 Å². The van der Waals surface area contributed by atoms with E-state index in [2.05, 4.69) is 5.32 Å². The molecule has 1 N–H and O–H groups in total. The first kappa shape index (κ1) is 21.1. The molecule has 0 fully saturated rings. The van der Waals surface area contributed by atoms with Crippen molar-refractivity contribution in [2.24, 2.45) is 0 Å². The Kier molecular flexibility index (Phi) is 12.1.